The van der Waals surface area contributed by atoms with Gasteiger partial charge in [-0.15, -0.1) is 11.8 Å². The minimum Gasteiger partial charge on any atom is -0.491 e. The highest BCUT2D eigenvalue weighted by Crippen LogP contribution is 2.17. The second-order valence-corrected chi connectivity index (χ2v) is 4.39. The highest BCUT2D eigenvalue weighted by molar-refractivity contribution is 8.00. The van der Waals surface area contributed by atoms with Crippen molar-refractivity contribution in [3.63, 3.8) is 0 Å². The molecule has 1 aliphatic heterocycles. The summed E-state index contributed by atoms with van der Waals surface area (Å²) in [5.74, 6) is 1.46. The number of hydrogen-bond acceptors (Lipinski definition) is 3. The highest BCUT2D eigenvalue weighted by Gasteiger charge is 2.14. The zero-order valence-electron chi connectivity index (χ0n) is 7.70. The Bertz CT molecular complexity index is 302. The van der Waals surface area contributed by atoms with Crippen LogP contribution in [-0.4, -0.2) is 24.3 Å². The van der Waals surface area contributed by atoms with Crippen LogP contribution in [0.4, 0.5) is 4.39 Å². The Hall–Kier alpha value is -0.740. The molecule has 0 saturated carbocycles. The second kappa shape index (κ2) is 4.66. The molecule has 1 N–H and O–H groups in total. The van der Waals surface area contributed by atoms with E-state index in [2.05, 4.69) is 5.32 Å². The summed E-state index contributed by atoms with van der Waals surface area (Å²) in [7, 11) is 0. The summed E-state index contributed by atoms with van der Waals surface area (Å²) in [6.45, 7) is 1.62. The van der Waals surface area contributed by atoms with Crippen molar-refractivity contribution in [1.29, 1.82) is 0 Å². The molecular formula is C10H12FNOS. The lowest BCUT2D eigenvalue weighted by molar-refractivity contribution is 0.305. The molecular weight excluding hydrogens is 201 g/mol. The van der Waals surface area contributed by atoms with Crippen LogP contribution in [0, 0.1) is 5.82 Å². The lowest BCUT2D eigenvalue weighted by Crippen LogP contribution is -2.26. The van der Waals surface area contributed by atoms with Gasteiger partial charge in [0.1, 0.15) is 18.2 Å². The summed E-state index contributed by atoms with van der Waals surface area (Å²) in [5, 5.41) is 3.63. The Labute approximate surface area is 86.8 Å². The van der Waals surface area contributed by atoms with Crippen LogP contribution in [0.25, 0.3) is 0 Å². The fourth-order valence-electron chi connectivity index (χ4n) is 1.32. The lowest BCUT2D eigenvalue weighted by Gasteiger charge is -2.11. The molecule has 14 heavy (non-hydrogen) atoms. The summed E-state index contributed by atoms with van der Waals surface area (Å²) >= 11 is 1.84. The SMILES string of the molecule is Fc1cccc(OC[C@H]2NCCS2)c1. The van der Waals surface area contributed by atoms with Gasteiger partial charge < -0.3 is 10.1 Å². The van der Waals surface area contributed by atoms with Gasteiger partial charge in [0.25, 0.3) is 0 Å². The predicted octanol–water partition coefficient (Wildman–Crippen LogP) is 1.87. The van der Waals surface area contributed by atoms with E-state index in [1.165, 1.54) is 12.1 Å². The maximum absolute atomic E-state index is 12.8. The van der Waals surface area contributed by atoms with Gasteiger partial charge >= 0.3 is 0 Å². The van der Waals surface area contributed by atoms with Gasteiger partial charge in [-0.2, -0.15) is 0 Å². The molecule has 4 heteroatoms. The van der Waals surface area contributed by atoms with E-state index < -0.39 is 0 Å². The van der Waals surface area contributed by atoms with Gasteiger partial charge in [-0.05, 0) is 12.1 Å². The lowest BCUT2D eigenvalue weighted by atomic mass is 10.3. The van der Waals surface area contributed by atoms with Crippen molar-refractivity contribution in [2.45, 2.75) is 5.37 Å². The van der Waals surface area contributed by atoms with Crippen LogP contribution >= 0.6 is 11.8 Å². The fourth-order valence-corrected chi connectivity index (χ4v) is 2.24. The third-order valence-corrected chi connectivity index (χ3v) is 3.14. The highest BCUT2D eigenvalue weighted by atomic mass is 32.2. The number of thioether (sulfide) groups is 1. The topological polar surface area (TPSA) is 21.3 Å². The molecule has 1 fully saturated rings. The van der Waals surface area contributed by atoms with E-state index in [0.29, 0.717) is 17.7 Å². The van der Waals surface area contributed by atoms with E-state index in [0.717, 1.165) is 12.3 Å². The normalized spacial score (nSPS) is 21.1. The fraction of sp³-hybridized carbons (Fsp3) is 0.400. The van der Waals surface area contributed by atoms with Crippen molar-refractivity contribution < 1.29 is 9.13 Å². The Morgan fingerprint density at radius 1 is 1.57 bits per heavy atom. The average molecular weight is 213 g/mol. The van der Waals surface area contributed by atoms with Gasteiger partial charge in [0.15, 0.2) is 0 Å². The Morgan fingerprint density at radius 3 is 3.21 bits per heavy atom. The first kappa shape index (κ1) is 9.80. The summed E-state index contributed by atoms with van der Waals surface area (Å²) in [6, 6.07) is 6.23. The third-order valence-electron chi connectivity index (χ3n) is 1.99. The number of hydrogen-bond donors (Lipinski definition) is 1. The van der Waals surface area contributed by atoms with Crippen molar-refractivity contribution in [1.82, 2.24) is 5.32 Å². The summed E-state index contributed by atoms with van der Waals surface area (Å²) in [5.41, 5.74) is 0. The molecule has 0 aromatic heterocycles. The van der Waals surface area contributed by atoms with Crippen LogP contribution in [-0.2, 0) is 0 Å². The molecule has 0 aliphatic carbocycles. The molecule has 1 heterocycles. The van der Waals surface area contributed by atoms with Gasteiger partial charge in [-0.3, -0.25) is 0 Å². The second-order valence-electron chi connectivity index (χ2n) is 3.08. The smallest absolute Gasteiger partial charge is 0.126 e. The number of ether oxygens (including phenoxy) is 1. The summed E-state index contributed by atoms with van der Waals surface area (Å²) in [6.07, 6.45) is 0. The molecule has 1 aromatic carbocycles. The Kier molecular flexibility index (Phi) is 3.26. The maximum Gasteiger partial charge on any atom is 0.126 e. The van der Waals surface area contributed by atoms with Crippen molar-refractivity contribution in [3.05, 3.63) is 30.1 Å². The third kappa shape index (κ3) is 2.62. The van der Waals surface area contributed by atoms with Gasteiger partial charge in [0.05, 0.1) is 5.37 Å². The maximum atomic E-state index is 12.8. The molecule has 0 bridgehead atoms. The van der Waals surface area contributed by atoms with Crippen molar-refractivity contribution >= 4 is 11.8 Å². The van der Waals surface area contributed by atoms with Crippen LogP contribution in [0.3, 0.4) is 0 Å². The van der Waals surface area contributed by atoms with Crippen molar-refractivity contribution in [3.8, 4) is 5.75 Å². The van der Waals surface area contributed by atoms with Crippen LogP contribution in [0.2, 0.25) is 0 Å². The molecule has 1 aromatic rings. The van der Waals surface area contributed by atoms with Gasteiger partial charge in [0.2, 0.25) is 0 Å². The van der Waals surface area contributed by atoms with E-state index in [4.69, 9.17) is 4.74 Å². The molecule has 2 nitrogen and oxygen atoms in total. The molecule has 1 atom stereocenters. The summed E-state index contributed by atoms with van der Waals surface area (Å²) in [4.78, 5) is 0. The van der Waals surface area contributed by atoms with Gasteiger partial charge in [-0.1, -0.05) is 6.07 Å². The number of benzene rings is 1. The average Bonchev–Trinajstić information content (AvgIpc) is 2.67. The van der Waals surface area contributed by atoms with E-state index >= 15 is 0 Å². The molecule has 0 amide bonds. The predicted molar refractivity (Wildman–Crippen MR) is 56.1 cm³/mol. The molecule has 0 spiro atoms. The van der Waals surface area contributed by atoms with Crippen molar-refractivity contribution in [2.24, 2.45) is 0 Å². The number of halogens is 1. The van der Waals surface area contributed by atoms with Gasteiger partial charge in [-0.25, -0.2) is 4.39 Å². The minimum absolute atomic E-state index is 0.255. The van der Waals surface area contributed by atoms with E-state index in [9.17, 15) is 4.39 Å². The first-order chi connectivity index (χ1) is 6.84. The number of rotatable bonds is 3. The molecule has 76 valence electrons. The van der Waals surface area contributed by atoms with Crippen LogP contribution < -0.4 is 10.1 Å². The molecule has 1 saturated heterocycles. The zero-order valence-corrected chi connectivity index (χ0v) is 8.52. The van der Waals surface area contributed by atoms with Crippen LogP contribution in [0.1, 0.15) is 0 Å². The largest absolute Gasteiger partial charge is 0.491 e. The quantitative estimate of drug-likeness (QED) is 0.828. The standard InChI is InChI=1S/C10H12FNOS/c11-8-2-1-3-9(6-8)13-7-10-12-4-5-14-10/h1-3,6,10,12H,4-5,7H2/t10-/m0/s1. The first-order valence-electron chi connectivity index (χ1n) is 4.58. The zero-order chi connectivity index (χ0) is 9.80. The number of nitrogens with one attached hydrogen (secondary N) is 1. The molecule has 0 radical (unpaired) electrons. The van der Waals surface area contributed by atoms with Gasteiger partial charge in [0, 0.05) is 18.4 Å². The Balaban J connectivity index is 1.85. The Morgan fingerprint density at radius 2 is 2.50 bits per heavy atom. The molecule has 0 unspecified atom stereocenters. The van der Waals surface area contributed by atoms with Crippen LogP contribution in [0.5, 0.6) is 5.75 Å². The van der Waals surface area contributed by atoms with Crippen LogP contribution in [0.15, 0.2) is 24.3 Å². The monoisotopic (exact) mass is 213 g/mol. The van der Waals surface area contributed by atoms with E-state index in [-0.39, 0.29) is 5.82 Å². The van der Waals surface area contributed by atoms with E-state index in [1.54, 1.807) is 12.1 Å². The van der Waals surface area contributed by atoms with Crippen molar-refractivity contribution in [2.75, 3.05) is 18.9 Å². The summed E-state index contributed by atoms with van der Waals surface area (Å²) < 4.78 is 18.2. The first-order valence-corrected chi connectivity index (χ1v) is 5.63. The van der Waals surface area contributed by atoms with E-state index in [1.807, 2.05) is 11.8 Å². The minimum atomic E-state index is -0.255. The molecule has 1 aliphatic rings. The molecule has 2 rings (SSSR count).